The van der Waals surface area contributed by atoms with E-state index in [9.17, 15) is 18.4 Å². The Morgan fingerprint density at radius 3 is 2.59 bits per heavy atom. The van der Waals surface area contributed by atoms with Gasteiger partial charge in [0.1, 0.15) is 11.7 Å². The van der Waals surface area contributed by atoms with E-state index in [-0.39, 0.29) is 34.3 Å². The zero-order chi connectivity index (χ0) is 23.9. The molecule has 0 spiro atoms. The van der Waals surface area contributed by atoms with Crippen LogP contribution in [-0.2, 0) is 6.18 Å². The van der Waals surface area contributed by atoms with Gasteiger partial charge in [-0.25, -0.2) is 15.0 Å². The van der Waals surface area contributed by atoms with Gasteiger partial charge in [-0.05, 0) is 35.4 Å². The fourth-order valence-electron chi connectivity index (χ4n) is 3.85. The minimum Gasteiger partial charge on any atom is -0.348 e. The maximum absolute atomic E-state index is 13.2. The highest BCUT2D eigenvalue weighted by Gasteiger charge is 2.31. The van der Waals surface area contributed by atoms with Crippen LogP contribution in [0.1, 0.15) is 29.7 Å². The number of aromatic nitrogens is 4. The largest absolute Gasteiger partial charge is 0.417 e. The maximum Gasteiger partial charge on any atom is 0.417 e. The van der Waals surface area contributed by atoms with Crippen molar-refractivity contribution >= 4 is 27.8 Å². The van der Waals surface area contributed by atoms with E-state index in [1.165, 1.54) is 12.4 Å². The summed E-state index contributed by atoms with van der Waals surface area (Å²) in [5.41, 5.74) is 1.11. The summed E-state index contributed by atoms with van der Waals surface area (Å²) in [4.78, 5) is 15.4. The summed E-state index contributed by atoms with van der Waals surface area (Å²) in [5, 5.41) is 15.2. The number of nitrogens with one attached hydrogen (secondary N) is 2. The van der Waals surface area contributed by atoms with E-state index in [0.717, 1.165) is 28.6 Å². The number of rotatable bonds is 4. The topological polar surface area (TPSA) is 90.3 Å². The highest BCUT2D eigenvalue weighted by molar-refractivity contribution is 5.94. The first-order valence-corrected chi connectivity index (χ1v) is 10.4. The van der Waals surface area contributed by atoms with Crippen LogP contribution in [0.3, 0.4) is 0 Å². The molecular weight excluding hydrogens is 441 g/mol. The molecular formula is C25H17F3N6. The van der Waals surface area contributed by atoms with Crippen molar-refractivity contribution in [2.75, 3.05) is 5.32 Å². The van der Waals surface area contributed by atoms with E-state index in [4.69, 9.17) is 0 Å². The zero-order valence-corrected chi connectivity index (χ0v) is 17.9. The lowest BCUT2D eigenvalue weighted by molar-refractivity contribution is -0.137. The smallest absolute Gasteiger partial charge is 0.348 e. The number of fused-ring (bicyclic) bond motifs is 2. The second-order valence-electron chi connectivity index (χ2n) is 7.86. The molecule has 34 heavy (non-hydrogen) atoms. The van der Waals surface area contributed by atoms with Crippen molar-refractivity contribution in [1.29, 1.82) is 5.26 Å². The Morgan fingerprint density at radius 2 is 1.82 bits per heavy atom. The second kappa shape index (κ2) is 8.15. The number of benzene rings is 2. The third kappa shape index (κ3) is 3.90. The average Bonchev–Trinajstić information content (AvgIpc) is 3.26. The van der Waals surface area contributed by atoms with E-state index in [2.05, 4.69) is 31.3 Å². The Morgan fingerprint density at radius 1 is 1.03 bits per heavy atom. The van der Waals surface area contributed by atoms with Crippen molar-refractivity contribution in [1.82, 2.24) is 19.9 Å². The molecule has 0 saturated carbocycles. The average molecular weight is 458 g/mol. The van der Waals surface area contributed by atoms with Crippen LogP contribution >= 0.6 is 0 Å². The van der Waals surface area contributed by atoms with Crippen LogP contribution in [0.25, 0.3) is 33.1 Å². The molecule has 2 aromatic carbocycles. The predicted molar refractivity (Wildman–Crippen MR) is 123 cm³/mol. The summed E-state index contributed by atoms with van der Waals surface area (Å²) in [6, 6.07) is 17.0. The number of nitrogens with zero attached hydrogens (tertiary/aromatic N) is 4. The van der Waals surface area contributed by atoms with Crippen molar-refractivity contribution in [3.8, 4) is 17.3 Å². The first kappa shape index (κ1) is 21.4. The molecule has 0 amide bonds. The molecule has 0 aliphatic heterocycles. The molecule has 3 aromatic heterocycles. The van der Waals surface area contributed by atoms with Gasteiger partial charge in [-0.3, -0.25) is 0 Å². The monoisotopic (exact) mass is 458 g/mol. The molecule has 0 aliphatic rings. The molecule has 3 heterocycles. The van der Waals surface area contributed by atoms with Crippen LogP contribution in [-0.4, -0.2) is 19.9 Å². The number of alkyl halides is 3. The Kier molecular flexibility index (Phi) is 5.13. The summed E-state index contributed by atoms with van der Waals surface area (Å²) in [6.07, 6.45) is -0.914. The number of aromatic amines is 1. The summed E-state index contributed by atoms with van der Waals surface area (Å²) >= 11 is 0. The fourth-order valence-corrected chi connectivity index (χ4v) is 3.85. The van der Waals surface area contributed by atoms with Crippen LogP contribution < -0.4 is 5.32 Å². The molecule has 1 unspecified atom stereocenters. The van der Waals surface area contributed by atoms with Crippen LogP contribution in [0.4, 0.5) is 19.1 Å². The van der Waals surface area contributed by atoms with Gasteiger partial charge >= 0.3 is 6.18 Å². The molecule has 0 fully saturated rings. The van der Waals surface area contributed by atoms with Crippen LogP contribution in [0.15, 0.2) is 67.1 Å². The first-order valence-electron chi connectivity index (χ1n) is 10.4. The summed E-state index contributed by atoms with van der Waals surface area (Å²) in [5.74, 6) is 0.254. The van der Waals surface area contributed by atoms with Crippen molar-refractivity contribution in [2.24, 2.45) is 0 Å². The lowest BCUT2D eigenvalue weighted by Gasteiger charge is -2.16. The minimum atomic E-state index is -4.54. The van der Waals surface area contributed by atoms with Crippen molar-refractivity contribution < 1.29 is 13.2 Å². The van der Waals surface area contributed by atoms with Gasteiger partial charge in [0.25, 0.3) is 0 Å². The lowest BCUT2D eigenvalue weighted by Crippen LogP contribution is -2.10. The number of hydrogen-bond acceptors (Lipinski definition) is 5. The van der Waals surface area contributed by atoms with Gasteiger partial charge in [-0.15, -0.1) is 0 Å². The molecule has 5 aromatic rings. The van der Waals surface area contributed by atoms with Gasteiger partial charge in [0.15, 0.2) is 0 Å². The quantitative estimate of drug-likeness (QED) is 0.333. The number of nitriles is 1. The standard InChI is InChI=1S/C25H17F3N6/c1-14(16-7-6-15-4-2-3-5-17(15)8-16)33-24-32-11-18(10-29)22(34-24)21-13-31-23-20(21)9-19(12-30-23)25(26,27)28/h2-9,11-14H,1H3,(H,30,31)(H,32,33,34). The zero-order valence-electron chi connectivity index (χ0n) is 17.9. The van der Waals surface area contributed by atoms with E-state index in [1.54, 1.807) is 0 Å². The summed E-state index contributed by atoms with van der Waals surface area (Å²) in [7, 11) is 0. The van der Waals surface area contributed by atoms with Crippen molar-refractivity contribution in [3.05, 3.63) is 83.8 Å². The molecule has 9 heteroatoms. The van der Waals surface area contributed by atoms with Crippen LogP contribution in [0, 0.1) is 11.3 Å². The first-order chi connectivity index (χ1) is 16.3. The Bertz CT molecular complexity index is 1570. The molecule has 0 bridgehead atoms. The number of H-pyrrole nitrogens is 1. The van der Waals surface area contributed by atoms with Crippen LogP contribution in [0.2, 0.25) is 0 Å². The Hall–Kier alpha value is -4.45. The molecule has 0 aliphatic carbocycles. The third-order valence-electron chi connectivity index (χ3n) is 5.64. The van der Waals surface area contributed by atoms with Crippen molar-refractivity contribution in [3.63, 3.8) is 0 Å². The Balaban J connectivity index is 1.52. The highest BCUT2D eigenvalue weighted by Crippen LogP contribution is 2.35. The summed E-state index contributed by atoms with van der Waals surface area (Å²) < 4.78 is 39.7. The molecule has 0 saturated heterocycles. The number of halogens is 3. The third-order valence-corrected chi connectivity index (χ3v) is 5.64. The second-order valence-corrected chi connectivity index (χ2v) is 7.86. The molecule has 0 radical (unpaired) electrons. The van der Waals surface area contributed by atoms with Gasteiger partial charge in [-0.1, -0.05) is 36.4 Å². The van der Waals surface area contributed by atoms with Crippen LogP contribution in [0.5, 0.6) is 0 Å². The normalized spacial score (nSPS) is 12.6. The van der Waals surface area contributed by atoms with Gasteiger partial charge in [0.2, 0.25) is 5.95 Å². The number of pyridine rings is 1. The lowest BCUT2D eigenvalue weighted by atomic mass is 10.0. The molecule has 168 valence electrons. The maximum atomic E-state index is 13.2. The highest BCUT2D eigenvalue weighted by atomic mass is 19.4. The van der Waals surface area contributed by atoms with E-state index < -0.39 is 11.7 Å². The van der Waals surface area contributed by atoms with E-state index in [1.807, 2.05) is 49.4 Å². The number of hydrogen-bond donors (Lipinski definition) is 2. The van der Waals surface area contributed by atoms with Gasteiger partial charge in [-0.2, -0.15) is 18.4 Å². The molecule has 2 N–H and O–H groups in total. The minimum absolute atomic E-state index is 0.141. The predicted octanol–water partition coefficient (Wildman–Crippen LogP) is 6.24. The molecule has 6 nitrogen and oxygen atoms in total. The van der Waals surface area contributed by atoms with E-state index >= 15 is 0 Å². The van der Waals surface area contributed by atoms with Crippen molar-refractivity contribution in [2.45, 2.75) is 19.1 Å². The van der Waals surface area contributed by atoms with E-state index in [0.29, 0.717) is 5.56 Å². The molecule has 5 rings (SSSR count). The fraction of sp³-hybridized carbons (Fsp3) is 0.120. The van der Waals surface area contributed by atoms with Gasteiger partial charge < -0.3 is 10.3 Å². The number of anilines is 1. The van der Waals surface area contributed by atoms with Gasteiger partial charge in [0, 0.05) is 23.3 Å². The SMILES string of the molecule is CC(Nc1ncc(C#N)c(-c2c[nH]c3ncc(C(F)(F)F)cc23)n1)c1ccc2ccccc2c1. The Labute approximate surface area is 192 Å². The molecule has 1 atom stereocenters. The summed E-state index contributed by atoms with van der Waals surface area (Å²) in [6.45, 7) is 1.95. The van der Waals surface area contributed by atoms with Gasteiger partial charge in [0.05, 0.1) is 29.1 Å².